The molecule has 0 heterocycles. The van der Waals surface area contributed by atoms with Gasteiger partial charge in [0.2, 0.25) is 0 Å². The number of phenolic OH excluding ortho intramolecular Hbond substituents is 1. The molecule has 18 heavy (non-hydrogen) atoms. The van der Waals surface area contributed by atoms with Crippen molar-refractivity contribution < 1.29 is 9.90 Å². The second-order valence-corrected chi connectivity index (χ2v) is 5.76. The third kappa shape index (κ3) is 4.28. The Hall–Kier alpha value is -1.71. The number of hydrogen-bond acceptors (Lipinski definition) is 2. The van der Waals surface area contributed by atoms with Gasteiger partial charge in [0.05, 0.1) is 5.69 Å². The van der Waals surface area contributed by atoms with E-state index in [-0.39, 0.29) is 17.3 Å². The molecule has 0 atom stereocenters. The standard InChI is InChI=1S/C14H22N2O2/c1-9(2)10-6-7-11(12(17)8-10)15-13(18)16-14(3,4)5/h6-9,17H,1-5H3,(H2,15,16,18). The summed E-state index contributed by atoms with van der Waals surface area (Å²) in [7, 11) is 0. The number of phenols is 1. The van der Waals surface area contributed by atoms with Gasteiger partial charge in [0, 0.05) is 5.54 Å². The maximum absolute atomic E-state index is 11.7. The van der Waals surface area contributed by atoms with Crippen molar-refractivity contribution in [3.63, 3.8) is 0 Å². The van der Waals surface area contributed by atoms with Crippen molar-refractivity contribution in [1.29, 1.82) is 0 Å². The molecule has 0 spiro atoms. The highest BCUT2D eigenvalue weighted by molar-refractivity contribution is 5.91. The number of benzene rings is 1. The fourth-order valence-electron chi connectivity index (χ4n) is 1.51. The second kappa shape index (κ2) is 5.29. The molecule has 1 rings (SSSR count). The van der Waals surface area contributed by atoms with E-state index in [0.717, 1.165) is 5.56 Å². The molecule has 0 aliphatic carbocycles. The molecule has 4 heteroatoms. The van der Waals surface area contributed by atoms with Crippen LogP contribution in [0.25, 0.3) is 0 Å². The molecule has 1 aromatic carbocycles. The lowest BCUT2D eigenvalue weighted by Gasteiger charge is -2.21. The average Bonchev–Trinajstić information content (AvgIpc) is 2.17. The van der Waals surface area contributed by atoms with Crippen LogP contribution in [0.2, 0.25) is 0 Å². The maximum Gasteiger partial charge on any atom is 0.319 e. The number of hydrogen-bond donors (Lipinski definition) is 3. The van der Waals surface area contributed by atoms with Gasteiger partial charge in [-0.05, 0) is 44.4 Å². The number of carbonyl (C=O) groups excluding carboxylic acids is 1. The first-order chi connectivity index (χ1) is 8.19. The number of rotatable bonds is 2. The van der Waals surface area contributed by atoms with E-state index in [1.807, 2.05) is 40.7 Å². The molecular weight excluding hydrogens is 228 g/mol. The normalized spacial score (nSPS) is 11.4. The first-order valence-corrected chi connectivity index (χ1v) is 6.11. The van der Waals surface area contributed by atoms with Crippen molar-refractivity contribution in [1.82, 2.24) is 5.32 Å². The largest absolute Gasteiger partial charge is 0.506 e. The Morgan fingerprint density at radius 2 is 1.89 bits per heavy atom. The van der Waals surface area contributed by atoms with Gasteiger partial charge in [0.25, 0.3) is 0 Å². The number of urea groups is 1. The zero-order valence-electron chi connectivity index (χ0n) is 11.7. The summed E-state index contributed by atoms with van der Waals surface area (Å²) in [4.78, 5) is 11.7. The van der Waals surface area contributed by atoms with E-state index in [4.69, 9.17) is 0 Å². The van der Waals surface area contributed by atoms with Crippen molar-refractivity contribution in [3.8, 4) is 5.75 Å². The molecule has 4 nitrogen and oxygen atoms in total. The van der Waals surface area contributed by atoms with Crippen molar-refractivity contribution in [2.45, 2.75) is 46.1 Å². The highest BCUT2D eigenvalue weighted by Crippen LogP contribution is 2.27. The molecule has 3 N–H and O–H groups in total. The third-order valence-electron chi connectivity index (χ3n) is 2.43. The summed E-state index contributed by atoms with van der Waals surface area (Å²) in [6, 6.07) is 4.97. The summed E-state index contributed by atoms with van der Waals surface area (Å²) in [6.07, 6.45) is 0. The van der Waals surface area contributed by atoms with Crippen molar-refractivity contribution in [2.24, 2.45) is 0 Å². The number of carbonyl (C=O) groups is 1. The first kappa shape index (κ1) is 14.4. The molecule has 0 radical (unpaired) electrons. The Morgan fingerprint density at radius 1 is 1.28 bits per heavy atom. The quantitative estimate of drug-likeness (QED) is 0.704. The van der Waals surface area contributed by atoms with Gasteiger partial charge in [-0.2, -0.15) is 0 Å². The van der Waals surface area contributed by atoms with E-state index in [9.17, 15) is 9.90 Å². The van der Waals surface area contributed by atoms with Crippen LogP contribution >= 0.6 is 0 Å². The maximum atomic E-state index is 11.7. The SMILES string of the molecule is CC(C)c1ccc(NC(=O)NC(C)(C)C)c(O)c1. The second-order valence-electron chi connectivity index (χ2n) is 5.76. The highest BCUT2D eigenvalue weighted by atomic mass is 16.3. The van der Waals surface area contributed by atoms with Crippen molar-refractivity contribution >= 4 is 11.7 Å². The molecule has 0 saturated heterocycles. The minimum absolute atomic E-state index is 0.0882. The molecule has 0 aliphatic heterocycles. The molecule has 0 unspecified atom stereocenters. The fourth-order valence-corrected chi connectivity index (χ4v) is 1.51. The number of anilines is 1. The highest BCUT2D eigenvalue weighted by Gasteiger charge is 2.15. The Labute approximate surface area is 108 Å². The Morgan fingerprint density at radius 3 is 2.33 bits per heavy atom. The van der Waals surface area contributed by atoms with Crippen LogP contribution in [0.1, 0.15) is 46.1 Å². The molecule has 100 valence electrons. The van der Waals surface area contributed by atoms with Crippen LogP contribution in [0.3, 0.4) is 0 Å². The van der Waals surface area contributed by atoms with Crippen LogP contribution in [-0.2, 0) is 0 Å². The Kier molecular flexibility index (Phi) is 4.22. The van der Waals surface area contributed by atoms with Crippen LogP contribution in [0.5, 0.6) is 5.75 Å². The van der Waals surface area contributed by atoms with Crippen molar-refractivity contribution in [3.05, 3.63) is 23.8 Å². The smallest absolute Gasteiger partial charge is 0.319 e. The van der Waals surface area contributed by atoms with Crippen LogP contribution in [0, 0.1) is 0 Å². The first-order valence-electron chi connectivity index (χ1n) is 6.11. The van der Waals surface area contributed by atoms with Gasteiger partial charge in [-0.15, -0.1) is 0 Å². The predicted molar refractivity (Wildman–Crippen MR) is 74.1 cm³/mol. The summed E-state index contributed by atoms with van der Waals surface area (Å²) in [5.41, 5.74) is 1.15. The zero-order chi connectivity index (χ0) is 13.9. The average molecular weight is 250 g/mol. The van der Waals surface area contributed by atoms with E-state index in [2.05, 4.69) is 10.6 Å². The summed E-state index contributed by atoms with van der Waals surface area (Å²) in [5, 5.41) is 15.2. The molecule has 2 amide bonds. The predicted octanol–water partition coefficient (Wildman–Crippen LogP) is 3.44. The van der Waals surface area contributed by atoms with E-state index in [1.54, 1.807) is 12.1 Å². The van der Waals surface area contributed by atoms with Gasteiger partial charge in [-0.3, -0.25) is 0 Å². The molecule has 0 aliphatic rings. The van der Waals surface area contributed by atoms with Crippen LogP contribution in [-0.4, -0.2) is 16.7 Å². The van der Waals surface area contributed by atoms with Gasteiger partial charge in [0.15, 0.2) is 0 Å². The van der Waals surface area contributed by atoms with Gasteiger partial charge in [0.1, 0.15) is 5.75 Å². The lowest BCUT2D eigenvalue weighted by Crippen LogP contribution is -2.43. The van der Waals surface area contributed by atoms with Crippen LogP contribution in [0.4, 0.5) is 10.5 Å². The Bertz CT molecular complexity index is 434. The third-order valence-corrected chi connectivity index (χ3v) is 2.43. The van der Waals surface area contributed by atoms with Crippen LogP contribution in [0.15, 0.2) is 18.2 Å². The number of aromatic hydroxyl groups is 1. The van der Waals surface area contributed by atoms with Crippen LogP contribution < -0.4 is 10.6 Å². The van der Waals surface area contributed by atoms with E-state index in [1.165, 1.54) is 0 Å². The molecule has 0 aromatic heterocycles. The Balaban J connectivity index is 2.77. The topological polar surface area (TPSA) is 61.4 Å². The number of amides is 2. The van der Waals surface area contributed by atoms with E-state index >= 15 is 0 Å². The summed E-state index contributed by atoms with van der Waals surface area (Å²) >= 11 is 0. The van der Waals surface area contributed by atoms with Gasteiger partial charge < -0.3 is 15.7 Å². The summed E-state index contributed by atoms with van der Waals surface area (Å²) < 4.78 is 0. The van der Waals surface area contributed by atoms with Crippen molar-refractivity contribution in [2.75, 3.05) is 5.32 Å². The van der Waals surface area contributed by atoms with Gasteiger partial charge >= 0.3 is 6.03 Å². The van der Waals surface area contributed by atoms with E-state index in [0.29, 0.717) is 11.6 Å². The summed E-state index contributed by atoms with van der Waals surface area (Å²) in [6.45, 7) is 9.79. The molecule has 0 fully saturated rings. The lowest BCUT2D eigenvalue weighted by molar-refractivity contribution is 0.243. The molecule has 0 bridgehead atoms. The number of nitrogens with one attached hydrogen (secondary N) is 2. The minimum atomic E-state index is -0.324. The van der Waals surface area contributed by atoms with E-state index < -0.39 is 0 Å². The van der Waals surface area contributed by atoms with Gasteiger partial charge in [-0.1, -0.05) is 19.9 Å². The molecule has 1 aromatic rings. The molecular formula is C14H22N2O2. The fraction of sp³-hybridized carbons (Fsp3) is 0.500. The minimum Gasteiger partial charge on any atom is -0.506 e. The molecule has 0 saturated carbocycles. The zero-order valence-corrected chi connectivity index (χ0v) is 11.7. The lowest BCUT2D eigenvalue weighted by atomic mass is 10.0. The monoisotopic (exact) mass is 250 g/mol. The summed E-state index contributed by atoms with van der Waals surface area (Å²) in [5.74, 6) is 0.429. The van der Waals surface area contributed by atoms with Gasteiger partial charge in [-0.25, -0.2) is 4.79 Å².